The van der Waals surface area contributed by atoms with Crippen LogP contribution in [0.15, 0.2) is 47.5 Å². The van der Waals surface area contributed by atoms with E-state index in [1.807, 2.05) is 18.3 Å². The first-order valence-corrected chi connectivity index (χ1v) is 16.2. The van der Waals surface area contributed by atoms with Crippen molar-refractivity contribution in [1.29, 1.82) is 0 Å². The predicted octanol–water partition coefficient (Wildman–Crippen LogP) is 5.73. The molecule has 0 spiro atoms. The van der Waals surface area contributed by atoms with Crippen LogP contribution in [-0.2, 0) is 32.9 Å². The van der Waals surface area contributed by atoms with Gasteiger partial charge < -0.3 is 19.9 Å². The molecule has 1 aromatic carbocycles. The normalized spacial score (nSPS) is 18.4. The van der Waals surface area contributed by atoms with Crippen LogP contribution in [0.3, 0.4) is 0 Å². The number of benzene rings is 1. The van der Waals surface area contributed by atoms with E-state index in [1.165, 1.54) is 27.1 Å². The molecule has 1 fully saturated rings. The molecule has 228 valence electrons. The van der Waals surface area contributed by atoms with Gasteiger partial charge in [-0.05, 0) is 105 Å². The lowest BCUT2D eigenvalue weighted by Crippen LogP contribution is -2.37. The molecule has 2 aliphatic heterocycles. The second-order valence-electron chi connectivity index (χ2n) is 12.1. The summed E-state index contributed by atoms with van der Waals surface area (Å²) in [7, 11) is 3.75. The summed E-state index contributed by atoms with van der Waals surface area (Å²) in [6, 6.07) is 8.59. The number of nitrogens with one attached hydrogen (secondary N) is 1. The van der Waals surface area contributed by atoms with E-state index in [-0.39, 0.29) is 17.2 Å². The number of aliphatic hydroxyl groups excluding tert-OH is 1. The summed E-state index contributed by atoms with van der Waals surface area (Å²) in [5.41, 5.74) is 5.42. The molecule has 0 bridgehead atoms. The van der Waals surface area contributed by atoms with Gasteiger partial charge in [0.2, 0.25) is 0 Å². The maximum Gasteiger partial charge on any atom is 0.274 e. The minimum Gasteiger partial charge on any atom is -0.392 e. The highest BCUT2D eigenvalue weighted by Crippen LogP contribution is 2.41. The van der Waals surface area contributed by atoms with Crippen molar-refractivity contribution in [1.82, 2.24) is 14.5 Å². The average molecular weight is 614 g/mol. The van der Waals surface area contributed by atoms with Gasteiger partial charge >= 0.3 is 0 Å². The fraction of sp³-hybridized carbons (Fsp3) is 0.382. The Morgan fingerprint density at radius 2 is 1.89 bits per heavy atom. The monoisotopic (exact) mass is 613 g/mol. The third-order valence-electron chi connectivity index (χ3n) is 9.39. The number of thiophene rings is 1. The van der Waals surface area contributed by atoms with Gasteiger partial charge in [-0.15, -0.1) is 11.3 Å². The van der Waals surface area contributed by atoms with E-state index in [4.69, 9.17) is 0 Å². The number of rotatable bonds is 6. The van der Waals surface area contributed by atoms with Crippen LogP contribution in [-0.4, -0.2) is 45.6 Å². The number of pyridine rings is 2. The lowest BCUT2D eigenvalue weighted by Gasteiger charge is -2.30. The number of nitrogens with zero attached hydrogens (tertiary/aromatic N) is 4. The summed E-state index contributed by atoms with van der Waals surface area (Å²) in [4.78, 5) is 37.5. The number of hydrogen-bond donors (Lipinski definition) is 2. The standard InChI is InChI=1S/C34H36FN5O3S/c1-38-12-5-7-28(38)20-9-10-31(36-17-20)37-27-14-21(18-39(2)33(27)42)25-15-22(35)16-29(26(25)19-41)40-13-11-24-23-6-3-4-8-30(23)44-32(24)34(40)43/h9-10,14-18,28,41H,3-8,11-13,19H2,1-2H3,(H,36,37)/t28-/m0/s1. The maximum absolute atomic E-state index is 15.3. The third kappa shape index (κ3) is 5.04. The average Bonchev–Trinajstić information content (AvgIpc) is 3.63. The van der Waals surface area contributed by atoms with Crippen molar-refractivity contribution >= 4 is 34.4 Å². The molecule has 0 unspecified atom stereocenters. The third-order valence-corrected chi connectivity index (χ3v) is 10.7. The smallest absolute Gasteiger partial charge is 0.274 e. The van der Waals surface area contributed by atoms with Gasteiger partial charge in [-0.3, -0.25) is 14.5 Å². The summed E-state index contributed by atoms with van der Waals surface area (Å²) in [6.07, 6.45) is 10.7. The summed E-state index contributed by atoms with van der Waals surface area (Å²) < 4.78 is 16.7. The molecule has 7 rings (SSSR count). The zero-order valence-electron chi connectivity index (χ0n) is 25.0. The van der Waals surface area contributed by atoms with Gasteiger partial charge in [0.25, 0.3) is 11.5 Å². The van der Waals surface area contributed by atoms with E-state index in [0.717, 1.165) is 61.1 Å². The highest BCUT2D eigenvalue weighted by atomic mass is 32.1. The molecule has 2 N–H and O–H groups in total. The van der Waals surface area contributed by atoms with Crippen molar-refractivity contribution in [3.05, 3.63) is 90.9 Å². The molecule has 3 aliphatic rings. The number of carbonyl (C=O) groups is 1. The van der Waals surface area contributed by atoms with Crippen LogP contribution in [0.25, 0.3) is 11.1 Å². The van der Waals surface area contributed by atoms with Crippen molar-refractivity contribution in [2.75, 3.05) is 30.4 Å². The number of aliphatic hydroxyl groups is 1. The van der Waals surface area contributed by atoms with Gasteiger partial charge in [-0.2, -0.15) is 0 Å². The minimum absolute atomic E-state index is 0.141. The predicted molar refractivity (Wildman–Crippen MR) is 171 cm³/mol. The molecule has 3 aromatic heterocycles. The van der Waals surface area contributed by atoms with Crippen LogP contribution in [0, 0.1) is 5.82 Å². The molecule has 1 amide bonds. The van der Waals surface area contributed by atoms with Gasteiger partial charge in [-0.1, -0.05) is 6.07 Å². The number of halogens is 1. The Balaban J connectivity index is 1.23. The first-order valence-electron chi connectivity index (χ1n) is 15.3. The molecule has 1 saturated heterocycles. The summed E-state index contributed by atoms with van der Waals surface area (Å²) in [5.74, 6) is -0.133. The minimum atomic E-state index is -0.520. The Kier molecular flexibility index (Phi) is 7.60. The van der Waals surface area contributed by atoms with E-state index in [1.54, 1.807) is 35.5 Å². The first-order chi connectivity index (χ1) is 21.3. The van der Waals surface area contributed by atoms with Crippen molar-refractivity contribution < 1.29 is 14.3 Å². The number of aryl methyl sites for hydroxylation is 2. The number of hydrogen-bond acceptors (Lipinski definition) is 7. The molecule has 0 radical (unpaired) electrons. The Bertz CT molecular complexity index is 1820. The number of fused-ring (bicyclic) bond motifs is 3. The highest BCUT2D eigenvalue weighted by molar-refractivity contribution is 7.14. The van der Waals surface area contributed by atoms with Crippen LogP contribution in [0.2, 0.25) is 0 Å². The molecule has 8 nitrogen and oxygen atoms in total. The van der Waals surface area contributed by atoms with Crippen molar-refractivity contribution in [3.63, 3.8) is 0 Å². The van der Waals surface area contributed by atoms with Crippen LogP contribution < -0.4 is 15.8 Å². The molecule has 1 atom stereocenters. The zero-order valence-corrected chi connectivity index (χ0v) is 25.8. The molecular weight excluding hydrogens is 577 g/mol. The Labute approximate surface area is 259 Å². The quantitative estimate of drug-likeness (QED) is 0.289. The number of anilines is 3. The molecule has 44 heavy (non-hydrogen) atoms. The molecule has 0 saturated carbocycles. The topological polar surface area (TPSA) is 90.7 Å². The SMILES string of the molecule is CN1CCC[C@H]1c1ccc(Nc2cc(-c3cc(F)cc(N4CCc5c(sc6c5CCCC6)C4=O)c3CO)cn(C)c2=O)nc1. The molecule has 4 aromatic rings. The Morgan fingerprint density at radius 1 is 1.05 bits per heavy atom. The summed E-state index contributed by atoms with van der Waals surface area (Å²) in [6.45, 7) is 1.09. The van der Waals surface area contributed by atoms with E-state index >= 15 is 4.39 Å². The molecule has 10 heteroatoms. The van der Waals surface area contributed by atoms with Crippen LogP contribution >= 0.6 is 11.3 Å². The number of carbonyl (C=O) groups excluding carboxylic acids is 1. The van der Waals surface area contributed by atoms with Crippen LogP contribution in [0.1, 0.15) is 68.5 Å². The van der Waals surface area contributed by atoms with E-state index < -0.39 is 12.4 Å². The second kappa shape index (κ2) is 11.6. The molecule has 1 aliphatic carbocycles. The van der Waals surface area contributed by atoms with Crippen LogP contribution in [0.5, 0.6) is 0 Å². The van der Waals surface area contributed by atoms with Gasteiger partial charge in [-0.25, -0.2) is 9.37 Å². The van der Waals surface area contributed by atoms with Gasteiger partial charge in [0.05, 0.1) is 17.2 Å². The molecular formula is C34H36FN5O3S. The van der Waals surface area contributed by atoms with Gasteiger partial charge in [0, 0.05) is 48.0 Å². The number of likely N-dealkylation sites (tertiary alicyclic amines) is 1. The number of amides is 1. The van der Waals surface area contributed by atoms with Crippen molar-refractivity contribution in [2.24, 2.45) is 7.05 Å². The summed E-state index contributed by atoms with van der Waals surface area (Å²) >= 11 is 1.57. The van der Waals surface area contributed by atoms with Crippen LogP contribution in [0.4, 0.5) is 21.6 Å². The Hall–Kier alpha value is -3.86. The van der Waals surface area contributed by atoms with Crippen molar-refractivity contribution in [2.45, 2.75) is 57.6 Å². The largest absolute Gasteiger partial charge is 0.392 e. The van der Waals surface area contributed by atoms with Crippen molar-refractivity contribution in [3.8, 4) is 11.1 Å². The van der Waals surface area contributed by atoms with Gasteiger partial charge in [0.1, 0.15) is 17.3 Å². The summed E-state index contributed by atoms with van der Waals surface area (Å²) in [5, 5.41) is 13.8. The highest BCUT2D eigenvalue weighted by Gasteiger charge is 2.33. The zero-order chi connectivity index (χ0) is 30.5. The van der Waals surface area contributed by atoms with Gasteiger partial charge in [0.15, 0.2) is 0 Å². The van der Waals surface area contributed by atoms with E-state index in [2.05, 4.69) is 22.2 Å². The maximum atomic E-state index is 15.3. The lowest BCUT2D eigenvalue weighted by atomic mass is 9.91. The fourth-order valence-electron chi connectivity index (χ4n) is 7.13. The molecule has 5 heterocycles. The Morgan fingerprint density at radius 3 is 2.64 bits per heavy atom. The lowest BCUT2D eigenvalue weighted by molar-refractivity contribution is 0.0984. The number of aromatic nitrogens is 2. The van der Waals surface area contributed by atoms with E-state index in [9.17, 15) is 14.7 Å². The fourth-order valence-corrected chi connectivity index (χ4v) is 8.51. The first kappa shape index (κ1) is 28.9. The van der Waals surface area contributed by atoms with E-state index in [0.29, 0.717) is 47.2 Å². The second-order valence-corrected chi connectivity index (χ2v) is 13.2.